The number of benzene rings is 2. The Morgan fingerprint density at radius 1 is 1.10 bits per heavy atom. The van der Waals surface area contributed by atoms with Crippen LogP contribution in [0.1, 0.15) is 61.6 Å². The molecule has 4 nitrogen and oxygen atoms in total. The van der Waals surface area contributed by atoms with Crippen molar-refractivity contribution in [3.05, 3.63) is 58.3 Å². The normalized spacial score (nSPS) is 17.0. The second-order valence-electron chi connectivity index (χ2n) is 9.83. The second kappa shape index (κ2) is 7.70. The number of nitrogens with one attached hydrogen (secondary N) is 1. The van der Waals surface area contributed by atoms with E-state index in [4.69, 9.17) is 4.42 Å². The highest BCUT2D eigenvalue weighted by atomic mass is 32.2. The molecule has 0 bridgehead atoms. The number of hydrogen-bond acceptors (Lipinski definition) is 3. The molecular weight excluding hydrogens is 406 g/mol. The third-order valence-electron chi connectivity index (χ3n) is 7.19. The smallest absolute Gasteiger partial charge is 0.262 e. The van der Waals surface area contributed by atoms with Gasteiger partial charge in [0.25, 0.3) is 10.0 Å². The van der Waals surface area contributed by atoms with Crippen LogP contribution in [0.2, 0.25) is 0 Å². The summed E-state index contributed by atoms with van der Waals surface area (Å²) in [5.74, 6) is 1.66. The van der Waals surface area contributed by atoms with Crippen LogP contribution in [0.5, 0.6) is 0 Å². The Bertz CT molecular complexity index is 1230. The quantitative estimate of drug-likeness (QED) is 0.481. The molecule has 2 aromatic carbocycles. The summed E-state index contributed by atoms with van der Waals surface area (Å²) in [5.41, 5.74) is 5.52. The van der Waals surface area contributed by atoms with Crippen molar-refractivity contribution >= 4 is 26.7 Å². The molecule has 0 spiro atoms. The lowest BCUT2D eigenvalue weighted by Gasteiger charge is -2.36. The third kappa shape index (κ3) is 4.00. The van der Waals surface area contributed by atoms with E-state index in [1.54, 1.807) is 6.07 Å². The summed E-state index contributed by atoms with van der Waals surface area (Å²) < 4.78 is 35.3. The predicted molar refractivity (Wildman–Crippen MR) is 127 cm³/mol. The molecule has 1 atom stereocenters. The lowest BCUT2D eigenvalue weighted by atomic mass is 9.69. The highest BCUT2D eigenvalue weighted by Crippen LogP contribution is 2.43. The Labute approximate surface area is 186 Å². The van der Waals surface area contributed by atoms with Crippen molar-refractivity contribution in [2.24, 2.45) is 11.3 Å². The Kier molecular flexibility index (Phi) is 5.45. The summed E-state index contributed by atoms with van der Waals surface area (Å²) in [6, 6.07) is 9.44. The maximum absolute atomic E-state index is 13.2. The van der Waals surface area contributed by atoms with Gasteiger partial charge in [0.15, 0.2) is 0 Å². The van der Waals surface area contributed by atoms with E-state index in [2.05, 4.69) is 25.5 Å². The Hall–Kier alpha value is -2.27. The molecule has 0 radical (unpaired) electrons. The lowest BCUT2D eigenvalue weighted by molar-refractivity contribution is 0.179. The van der Waals surface area contributed by atoms with Crippen LogP contribution >= 0.6 is 0 Å². The molecule has 166 valence electrons. The zero-order valence-electron chi connectivity index (χ0n) is 19.4. The summed E-state index contributed by atoms with van der Waals surface area (Å²) in [6.45, 7) is 12.6. The van der Waals surface area contributed by atoms with Gasteiger partial charge in [0.05, 0.1) is 4.90 Å². The first-order chi connectivity index (χ1) is 14.5. The molecule has 1 aliphatic carbocycles. The van der Waals surface area contributed by atoms with Crippen molar-refractivity contribution in [1.29, 1.82) is 0 Å². The average Bonchev–Trinajstić information content (AvgIpc) is 3.03. The minimum atomic E-state index is -3.68. The van der Waals surface area contributed by atoms with Crippen LogP contribution in [0.4, 0.5) is 5.69 Å². The highest BCUT2D eigenvalue weighted by Gasteiger charge is 2.33. The van der Waals surface area contributed by atoms with E-state index in [1.165, 1.54) is 5.56 Å². The number of furan rings is 1. The molecular formula is C26H33NO3S. The molecule has 31 heavy (non-hydrogen) atoms. The van der Waals surface area contributed by atoms with Gasteiger partial charge in [-0.15, -0.1) is 0 Å². The van der Waals surface area contributed by atoms with Gasteiger partial charge in [-0.05, 0) is 74.3 Å². The molecule has 0 unspecified atom stereocenters. The van der Waals surface area contributed by atoms with Crippen LogP contribution in [0.15, 0.2) is 39.6 Å². The highest BCUT2D eigenvalue weighted by molar-refractivity contribution is 7.92. The molecule has 1 aliphatic rings. The van der Waals surface area contributed by atoms with Gasteiger partial charge in [-0.1, -0.05) is 44.9 Å². The second-order valence-corrected chi connectivity index (χ2v) is 11.4. The summed E-state index contributed by atoms with van der Waals surface area (Å²) in [6.07, 6.45) is 4.21. The van der Waals surface area contributed by atoms with Gasteiger partial charge < -0.3 is 4.42 Å². The number of hydrogen-bond donors (Lipinski definition) is 1. The molecule has 0 saturated carbocycles. The van der Waals surface area contributed by atoms with E-state index in [1.807, 2.05) is 45.0 Å². The summed E-state index contributed by atoms with van der Waals surface area (Å²) in [4.78, 5) is 0.358. The van der Waals surface area contributed by atoms with Crippen molar-refractivity contribution in [1.82, 2.24) is 0 Å². The maximum atomic E-state index is 13.2. The number of anilines is 1. The first-order valence-corrected chi connectivity index (χ1v) is 12.6. The molecule has 0 aliphatic heterocycles. The van der Waals surface area contributed by atoms with Crippen molar-refractivity contribution in [2.45, 2.75) is 72.1 Å². The van der Waals surface area contributed by atoms with Crippen molar-refractivity contribution in [3.63, 3.8) is 0 Å². The number of sulfonamides is 1. The van der Waals surface area contributed by atoms with E-state index in [-0.39, 0.29) is 5.41 Å². The topological polar surface area (TPSA) is 59.3 Å². The number of fused-ring (bicyclic) bond motifs is 3. The van der Waals surface area contributed by atoms with E-state index in [0.29, 0.717) is 16.5 Å². The van der Waals surface area contributed by atoms with Crippen LogP contribution in [0.25, 0.3) is 11.0 Å². The van der Waals surface area contributed by atoms with Gasteiger partial charge in [0, 0.05) is 23.1 Å². The Balaban J connectivity index is 1.70. The first-order valence-electron chi connectivity index (χ1n) is 11.2. The first kappa shape index (κ1) is 21.9. The molecule has 4 rings (SSSR count). The maximum Gasteiger partial charge on any atom is 0.262 e. The molecule has 0 saturated heterocycles. The van der Waals surface area contributed by atoms with Crippen LogP contribution in [0, 0.1) is 32.1 Å². The van der Waals surface area contributed by atoms with Gasteiger partial charge >= 0.3 is 0 Å². The fraction of sp³-hybridized carbons (Fsp3) is 0.462. The van der Waals surface area contributed by atoms with E-state index in [0.717, 1.165) is 59.1 Å². The van der Waals surface area contributed by atoms with E-state index >= 15 is 0 Å². The molecule has 1 aromatic heterocycles. The molecule has 3 aromatic rings. The van der Waals surface area contributed by atoms with Gasteiger partial charge in [-0.2, -0.15) is 0 Å². The van der Waals surface area contributed by atoms with Crippen LogP contribution < -0.4 is 4.72 Å². The van der Waals surface area contributed by atoms with Gasteiger partial charge in [0.2, 0.25) is 0 Å². The molecule has 5 heteroatoms. The fourth-order valence-corrected chi connectivity index (χ4v) is 6.60. The number of aryl methyl sites for hydroxylation is 4. The van der Waals surface area contributed by atoms with Crippen molar-refractivity contribution < 1.29 is 12.8 Å². The molecule has 0 amide bonds. The molecule has 0 fully saturated rings. The van der Waals surface area contributed by atoms with Gasteiger partial charge in [-0.25, -0.2) is 8.42 Å². The summed E-state index contributed by atoms with van der Waals surface area (Å²) >= 11 is 0. The summed E-state index contributed by atoms with van der Waals surface area (Å²) in [5, 5.41) is 1.03. The minimum Gasteiger partial charge on any atom is -0.461 e. The van der Waals surface area contributed by atoms with Gasteiger partial charge in [-0.3, -0.25) is 4.72 Å². The van der Waals surface area contributed by atoms with Crippen LogP contribution in [0.3, 0.4) is 0 Å². The van der Waals surface area contributed by atoms with Crippen molar-refractivity contribution in [2.75, 3.05) is 4.72 Å². The largest absolute Gasteiger partial charge is 0.461 e. The number of rotatable bonds is 5. The standard InChI is InChI=1S/C26H33NO3S/c1-7-26(5,6)19-8-10-23-21(14-19)22-15-20(9-11-24(22)30-23)27-31(28,29)25-17(3)12-16(2)13-18(25)4/h9,11-13,15,19,27H,7-8,10,14H2,1-6H3/t19-/m0/s1. The van der Waals surface area contributed by atoms with E-state index in [9.17, 15) is 8.42 Å². The van der Waals surface area contributed by atoms with Crippen LogP contribution in [-0.4, -0.2) is 8.42 Å². The predicted octanol–water partition coefficient (Wildman–Crippen LogP) is 6.70. The van der Waals surface area contributed by atoms with Crippen LogP contribution in [-0.2, 0) is 22.9 Å². The molecule has 1 heterocycles. The SMILES string of the molecule is CCC(C)(C)[C@H]1CCc2oc3ccc(NS(=O)(=O)c4c(C)cc(C)cc4C)cc3c2C1. The zero-order valence-corrected chi connectivity index (χ0v) is 20.2. The third-order valence-corrected chi connectivity index (χ3v) is 8.87. The minimum absolute atomic E-state index is 0.279. The van der Waals surface area contributed by atoms with E-state index < -0.39 is 10.0 Å². The lowest BCUT2D eigenvalue weighted by Crippen LogP contribution is -2.28. The Morgan fingerprint density at radius 3 is 2.42 bits per heavy atom. The Morgan fingerprint density at radius 2 is 1.77 bits per heavy atom. The monoisotopic (exact) mass is 439 g/mol. The molecule has 1 N–H and O–H groups in total. The average molecular weight is 440 g/mol. The van der Waals surface area contributed by atoms with Crippen molar-refractivity contribution in [3.8, 4) is 0 Å². The fourth-order valence-electron chi connectivity index (χ4n) is 5.09. The van der Waals surface area contributed by atoms with Gasteiger partial charge in [0.1, 0.15) is 11.3 Å². The summed E-state index contributed by atoms with van der Waals surface area (Å²) in [7, 11) is -3.68. The zero-order chi connectivity index (χ0) is 22.6.